The molecule has 11 nitrogen and oxygen atoms in total. The first-order valence-electron chi connectivity index (χ1n) is 11.7. The second-order valence-corrected chi connectivity index (χ2v) is 8.39. The van der Waals surface area contributed by atoms with Gasteiger partial charge in [-0.1, -0.05) is 18.7 Å². The Hall–Kier alpha value is -4.64. The molecule has 1 saturated heterocycles. The number of anilines is 4. The Bertz CT molecular complexity index is 1540. The minimum atomic E-state index is -0.334. The molecule has 2 aromatic heterocycles. The maximum Gasteiger partial charge on any atom is 0.334 e. The van der Waals surface area contributed by atoms with E-state index >= 15 is 0 Å². The van der Waals surface area contributed by atoms with Crippen molar-refractivity contribution in [1.82, 2.24) is 19.1 Å². The highest BCUT2D eigenvalue weighted by atomic mass is 16.5. The summed E-state index contributed by atoms with van der Waals surface area (Å²) >= 11 is 0. The van der Waals surface area contributed by atoms with Gasteiger partial charge in [-0.2, -0.15) is 4.98 Å². The van der Waals surface area contributed by atoms with Gasteiger partial charge in [-0.15, -0.1) is 0 Å². The number of aromatic nitrogens is 4. The van der Waals surface area contributed by atoms with Gasteiger partial charge in [-0.3, -0.25) is 9.36 Å². The van der Waals surface area contributed by atoms with Crippen molar-refractivity contribution in [2.45, 2.75) is 0 Å². The number of fused-ring (bicyclic) bond motifs is 1. The van der Waals surface area contributed by atoms with Crippen molar-refractivity contribution in [2.24, 2.45) is 7.05 Å². The first-order chi connectivity index (χ1) is 18.0. The molecule has 2 N–H and O–H groups in total. The molecule has 0 aliphatic carbocycles. The molecule has 5 rings (SSSR count). The maximum absolute atomic E-state index is 13.0. The molecule has 0 spiro atoms. The van der Waals surface area contributed by atoms with Gasteiger partial charge in [0.25, 0.3) is 0 Å². The number of ether oxygens (including phenoxy) is 2. The number of carbonyl (C=O) groups excluding carboxylic acids is 1. The summed E-state index contributed by atoms with van der Waals surface area (Å²) in [6.07, 6.45) is 2.79. The van der Waals surface area contributed by atoms with E-state index in [1.54, 1.807) is 37.1 Å². The van der Waals surface area contributed by atoms with Crippen LogP contribution >= 0.6 is 0 Å². The number of benzene rings is 2. The third kappa shape index (κ3) is 4.64. The minimum Gasteiger partial charge on any atom is -0.494 e. The van der Waals surface area contributed by atoms with Gasteiger partial charge in [0.15, 0.2) is 0 Å². The second kappa shape index (κ2) is 10.2. The highest BCUT2D eigenvalue weighted by molar-refractivity contribution is 6.02. The molecule has 0 bridgehead atoms. The zero-order valence-corrected chi connectivity index (χ0v) is 20.6. The molecule has 2 aromatic carbocycles. The van der Waals surface area contributed by atoms with Crippen LogP contribution < -0.4 is 26.0 Å². The van der Waals surface area contributed by atoms with Crippen molar-refractivity contribution in [3.05, 3.63) is 71.8 Å². The lowest BCUT2D eigenvalue weighted by Gasteiger charge is -2.31. The van der Waals surface area contributed by atoms with Crippen LogP contribution in [0.4, 0.5) is 23.0 Å². The predicted octanol–water partition coefficient (Wildman–Crippen LogP) is 2.83. The van der Waals surface area contributed by atoms with Crippen molar-refractivity contribution in [2.75, 3.05) is 48.9 Å². The number of methoxy groups -OCH3 is 1. The van der Waals surface area contributed by atoms with Crippen molar-refractivity contribution in [3.63, 3.8) is 0 Å². The van der Waals surface area contributed by atoms with Gasteiger partial charge >= 0.3 is 5.69 Å². The molecule has 1 amide bonds. The molecular weight excluding hydrogens is 474 g/mol. The number of aryl methyl sites for hydroxylation is 1. The van der Waals surface area contributed by atoms with Crippen LogP contribution in [0.15, 0.2) is 66.1 Å². The first kappa shape index (κ1) is 24.1. The van der Waals surface area contributed by atoms with E-state index in [9.17, 15) is 9.59 Å². The smallest absolute Gasteiger partial charge is 0.334 e. The van der Waals surface area contributed by atoms with Crippen LogP contribution in [0.5, 0.6) is 5.75 Å². The van der Waals surface area contributed by atoms with Crippen molar-refractivity contribution >= 4 is 40.0 Å². The third-order valence-electron chi connectivity index (χ3n) is 6.19. The molecule has 1 aliphatic heterocycles. The van der Waals surface area contributed by atoms with E-state index in [4.69, 9.17) is 9.47 Å². The molecule has 0 radical (unpaired) electrons. The average Bonchev–Trinajstić information content (AvgIpc) is 3.19. The first-order valence-corrected chi connectivity index (χ1v) is 11.7. The number of nitrogens with zero attached hydrogens (tertiary/aromatic N) is 5. The Labute approximate surface area is 213 Å². The molecule has 37 heavy (non-hydrogen) atoms. The molecule has 0 unspecified atom stereocenters. The van der Waals surface area contributed by atoms with Crippen molar-refractivity contribution < 1.29 is 14.3 Å². The summed E-state index contributed by atoms with van der Waals surface area (Å²) in [7, 11) is 3.29. The molecule has 190 valence electrons. The van der Waals surface area contributed by atoms with E-state index in [1.807, 2.05) is 30.3 Å². The monoisotopic (exact) mass is 501 g/mol. The fourth-order valence-corrected chi connectivity index (χ4v) is 4.35. The number of hydrogen-bond acceptors (Lipinski definition) is 8. The summed E-state index contributed by atoms with van der Waals surface area (Å²) in [5.41, 5.74) is 3.24. The van der Waals surface area contributed by atoms with Crippen LogP contribution in [0, 0.1) is 0 Å². The molecule has 1 aliphatic rings. The minimum absolute atomic E-state index is 0.215. The Balaban J connectivity index is 1.54. The SMILES string of the molecule is C=CC(=O)Nc1cc(Nc2nccc(-n3c(=O)n(C)c4ccccc43)n2)c(OC)cc1N1CCOCC1. The number of amides is 1. The average molecular weight is 502 g/mol. The van der Waals surface area contributed by atoms with Gasteiger partial charge in [-0.05, 0) is 24.3 Å². The Kier molecular flexibility index (Phi) is 6.60. The van der Waals surface area contributed by atoms with Crippen LogP contribution in [0.3, 0.4) is 0 Å². The summed E-state index contributed by atoms with van der Waals surface area (Å²) in [6, 6.07) is 12.8. The summed E-state index contributed by atoms with van der Waals surface area (Å²) in [6.45, 7) is 6.09. The standard InChI is InChI=1S/C26H27N7O4/c1-4-24(34)28-17-15-18(22(36-3)16-21(17)32-11-13-37-14-12-32)29-25-27-10-9-23(30-25)33-20-8-6-5-7-19(20)31(2)26(33)35/h4-10,15-16H,1,11-14H2,2-3H3,(H,28,34)(H,27,29,30). The maximum atomic E-state index is 13.0. The van der Waals surface area contributed by atoms with E-state index in [-0.39, 0.29) is 17.5 Å². The van der Waals surface area contributed by atoms with E-state index in [0.29, 0.717) is 49.2 Å². The van der Waals surface area contributed by atoms with E-state index in [2.05, 4.69) is 32.1 Å². The molecule has 0 atom stereocenters. The topological polar surface area (TPSA) is 116 Å². The lowest BCUT2D eigenvalue weighted by Crippen LogP contribution is -2.36. The van der Waals surface area contributed by atoms with Crippen LogP contribution in [0.1, 0.15) is 0 Å². The largest absolute Gasteiger partial charge is 0.494 e. The van der Waals surface area contributed by atoms with Gasteiger partial charge in [0.1, 0.15) is 11.6 Å². The zero-order chi connectivity index (χ0) is 25.9. The van der Waals surface area contributed by atoms with Crippen LogP contribution in [0.2, 0.25) is 0 Å². The number of hydrogen-bond donors (Lipinski definition) is 2. The Morgan fingerprint density at radius 3 is 2.62 bits per heavy atom. The van der Waals surface area contributed by atoms with Crippen LogP contribution in [-0.4, -0.2) is 58.4 Å². The predicted molar refractivity (Wildman–Crippen MR) is 142 cm³/mol. The van der Waals surface area contributed by atoms with Crippen molar-refractivity contribution in [1.29, 1.82) is 0 Å². The number of nitrogens with one attached hydrogen (secondary N) is 2. The van der Waals surface area contributed by atoms with Crippen molar-refractivity contribution in [3.8, 4) is 11.6 Å². The summed E-state index contributed by atoms with van der Waals surface area (Å²) in [5, 5.41) is 6.06. The normalized spacial score (nSPS) is 13.4. The molecular formula is C26H27N7O4. The number of imidazole rings is 1. The molecule has 4 aromatic rings. The quantitative estimate of drug-likeness (QED) is 0.372. The van der Waals surface area contributed by atoms with E-state index < -0.39 is 0 Å². The summed E-state index contributed by atoms with van der Waals surface area (Å²) in [4.78, 5) is 36.2. The van der Waals surface area contributed by atoms with E-state index in [0.717, 1.165) is 16.7 Å². The van der Waals surface area contributed by atoms with Crippen LogP contribution in [0.25, 0.3) is 16.9 Å². The summed E-state index contributed by atoms with van der Waals surface area (Å²) < 4.78 is 14.3. The Morgan fingerprint density at radius 1 is 1.14 bits per heavy atom. The van der Waals surface area contributed by atoms with Gasteiger partial charge in [0, 0.05) is 38.5 Å². The second-order valence-electron chi connectivity index (χ2n) is 8.39. The van der Waals surface area contributed by atoms with Gasteiger partial charge in [0.05, 0.1) is 48.4 Å². The van der Waals surface area contributed by atoms with Gasteiger partial charge < -0.3 is 25.0 Å². The molecule has 11 heteroatoms. The fraction of sp³-hybridized carbons (Fsp3) is 0.231. The molecule has 1 fully saturated rings. The number of rotatable bonds is 7. The number of carbonyl (C=O) groups is 1. The number of para-hydroxylation sites is 2. The summed E-state index contributed by atoms with van der Waals surface area (Å²) in [5.74, 6) is 0.882. The lowest BCUT2D eigenvalue weighted by atomic mass is 10.1. The third-order valence-corrected chi connectivity index (χ3v) is 6.19. The van der Waals surface area contributed by atoms with Crippen LogP contribution in [-0.2, 0) is 16.6 Å². The van der Waals surface area contributed by atoms with Gasteiger partial charge in [-0.25, -0.2) is 14.3 Å². The van der Waals surface area contributed by atoms with Gasteiger partial charge in [0.2, 0.25) is 11.9 Å². The molecule has 3 heterocycles. The highest BCUT2D eigenvalue weighted by Crippen LogP contribution is 2.38. The highest BCUT2D eigenvalue weighted by Gasteiger charge is 2.20. The Morgan fingerprint density at radius 2 is 1.89 bits per heavy atom. The van der Waals surface area contributed by atoms with E-state index in [1.165, 1.54) is 10.6 Å². The number of morpholine rings is 1. The molecule has 0 saturated carbocycles. The fourth-order valence-electron chi connectivity index (χ4n) is 4.35. The zero-order valence-electron chi connectivity index (χ0n) is 20.6. The lowest BCUT2D eigenvalue weighted by molar-refractivity contribution is -0.111.